The summed E-state index contributed by atoms with van der Waals surface area (Å²) in [6, 6.07) is 16.4. The second-order valence-electron chi connectivity index (χ2n) is 10.1. The number of fused-ring (bicyclic) bond motifs is 1. The molecule has 0 saturated carbocycles. The minimum Gasteiger partial charge on any atom is -0.434 e. The highest BCUT2D eigenvalue weighted by atomic mass is 35.5. The van der Waals surface area contributed by atoms with Crippen molar-refractivity contribution in [2.75, 3.05) is 0 Å². The van der Waals surface area contributed by atoms with Crippen LogP contribution in [0.25, 0.3) is 39.2 Å². The SMILES string of the molecule is Cc1ccn(-c2ccc(-c3nc4oc(C(=O)C(C)(C)C)c(C(N)=O)c4cc3-c3ccc(Cl)cc3)c(Cl)c2)n1. The molecular formula is C29H24Cl2N4O3. The van der Waals surface area contributed by atoms with Crippen LogP contribution < -0.4 is 5.73 Å². The molecule has 38 heavy (non-hydrogen) atoms. The molecule has 5 rings (SSSR count). The fourth-order valence-corrected chi connectivity index (χ4v) is 4.61. The smallest absolute Gasteiger partial charge is 0.253 e. The number of nitrogens with two attached hydrogens (primary N) is 1. The van der Waals surface area contributed by atoms with Crippen molar-refractivity contribution in [3.63, 3.8) is 0 Å². The minimum atomic E-state index is -0.802. The summed E-state index contributed by atoms with van der Waals surface area (Å²) in [5.74, 6) is -1.23. The summed E-state index contributed by atoms with van der Waals surface area (Å²) in [7, 11) is 0. The van der Waals surface area contributed by atoms with Crippen LogP contribution in [0.1, 0.15) is 47.4 Å². The number of hydrogen-bond donors (Lipinski definition) is 1. The molecule has 192 valence electrons. The van der Waals surface area contributed by atoms with Gasteiger partial charge in [0.05, 0.1) is 33.0 Å². The van der Waals surface area contributed by atoms with Crippen molar-refractivity contribution in [1.29, 1.82) is 0 Å². The van der Waals surface area contributed by atoms with Crippen LogP contribution >= 0.6 is 23.2 Å². The topological polar surface area (TPSA) is 104 Å². The number of carbonyl (C=O) groups excluding carboxylic acids is 2. The summed E-state index contributed by atoms with van der Waals surface area (Å²) in [5.41, 5.74) is 9.30. The Balaban J connectivity index is 1.78. The minimum absolute atomic E-state index is 0.00434. The number of primary amides is 1. The number of carbonyl (C=O) groups is 2. The monoisotopic (exact) mass is 546 g/mol. The first-order chi connectivity index (χ1) is 17.9. The maximum absolute atomic E-state index is 13.2. The van der Waals surface area contributed by atoms with Crippen molar-refractivity contribution >= 4 is 46.0 Å². The van der Waals surface area contributed by atoms with Crippen molar-refractivity contribution < 1.29 is 14.0 Å². The molecule has 5 aromatic rings. The maximum atomic E-state index is 13.2. The van der Waals surface area contributed by atoms with E-state index in [1.807, 2.05) is 43.5 Å². The number of hydrogen-bond acceptors (Lipinski definition) is 5. The molecule has 0 unspecified atom stereocenters. The summed E-state index contributed by atoms with van der Waals surface area (Å²) in [4.78, 5) is 30.5. The molecule has 2 aromatic carbocycles. The van der Waals surface area contributed by atoms with Gasteiger partial charge in [0, 0.05) is 27.8 Å². The normalized spacial score (nSPS) is 11.7. The van der Waals surface area contributed by atoms with Gasteiger partial charge >= 0.3 is 0 Å². The number of halogens is 2. The van der Waals surface area contributed by atoms with Crippen LogP contribution in [0.2, 0.25) is 10.0 Å². The Bertz CT molecular complexity index is 1730. The quantitative estimate of drug-likeness (QED) is 0.233. The number of rotatable bonds is 5. The predicted molar refractivity (Wildman–Crippen MR) is 149 cm³/mol. The molecule has 0 saturated heterocycles. The van der Waals surface area contributed by atoms with Gasteiger partial charge in [-0.05, 0) is 55.0 Å². The fraction of sp³-hybridized carbons (Fsp3) is 0.172. The third kappa shape index (κ3) is 4.59. The van der Waals surface area contributed by atoms with Gasteiger partial charge in [0.25, 0.3) is 5.91 Å². The highest BCUT2D eigenvalue weighted by molar-refractivity contribution is 6.33. The van der Waals surface area contributed by atoms with Crippen LogP contribution in [0, 0.1) is 12.3 Å². The van der Waals surface area contributed by atoms with Gasteiger partial charge in [0.15, 0.2) is 5.76 Å². The van der Waals surface area contributed by atoms with Gasteiger partial charge < -0.3 is 10.2 Å². The molecule has 0 bridgehead atoms. The van der Waals surface area contributed by atoms with Crippen LogP contribution in [0.3, 0.4) is 0 Å². The Morgan fingerprint density at radius 1 is 0.974 bits per heavy atom. The van der Waals surface area contributed by atoms with E-state index >= 15 is 0 Å². The van der Waals surface area contributed by atoms with E-state index in [0.29, 0.717) is 32.3 Å². The van der Waals surface area contributed by atoms with Crippen molar-refractivity contribution in [3.05, 3.63) is 87.9 Å². The van der Waals surface area contributed by atoms with Crippen LogP contribution in [0.4, 0.5) is 0 Å². The van der Waals surface area contributed by atoms with Gasteiger partial charge in [-0.15, -0.1) is 0 Å². The van der Waals surface area contributed by atoms with Crippen molar-refractivity contribution in [2.24, 2.45) is 11.1 Å². The first-order valence-corrected chi connectivity index (χ1v) is 12.6. The van der Waals surface area contributed by atoms with E-state index in [1.165, 1.54) is 0 Å². The number of aromatic nitrogens is 3. The fourth-order valence-electron chi connectivity index (χ4n) is 4.22. The summed E-state index contributed by atoms with van der Waals surface area (Å²) in [5, 5.41) is 5.79. The van der Waals surface area contributed by atoms with E-state index in [2.05, 4.69) is 5.10 Å². The van der Waals surface area contributed by atoms with Crippen LogP contribution in [-0.4, -0.2) is 26.5 Å². The van der Waals surface area contributed by atoms with Gasteiger partial charge in [-0.25, -0.2) is 9.67 Å². The first-order valence-electron chi connectivity index (χ1n) is 11.8. The Morgan fingerprint density at radius 2 is 1.68 bits per heavy atom. The molecule has 3 aromatic heterocycles. The molecule has 0 fully saturated rings. The Labute approximate surface area is 229 Å². The lowest BCUT2D eigenvalue weighted by molar-refractivity contribution is 0.0822. The zero-order valence-corrected chi connectivity index (χ0v) is 22.7. The highest BCUT2D eigenvalue weighted by Crippen LogP contribution is 2.40. The zero-order valence-electron chi connectivity index (χ0n) is 21.2. The Hall–Kier alpha value is -3.94. The number of benzene rings is 2. The van der Waals surface area contributed by atoms with E-state index in [9.17, 15) is 9.59 Å². The Morgan fingerprint density at radius 3 is 2.26 bits per heavy atom. The molecule has 0 aliphatic rings. The zero-order chi connectivity index (χ0) is 27.4. The Kier molecular flexibility index (Phi) is 6.37. The van der Waals surface area contributed by atoms with E-state index in [4.69, 9.17) is 38.3 Å². The van der Waals surface area contributed by atoms with Crippen LogP contribution in [0.5, 0.6) is 0 Å². The molecule has 0 radical (unpaired) electrons. The maximum Gasteiger partial charge on any atom is 0.253 e. The second kappa shape index (κ2) is 9.42. The number of amides is 1. The summed E-state index contributed by atoms with van der Waals surface area (Å²) in [6.07, 6.45) is 1.85. The number of Topliss-reactive ketones (excluding diaryl/α,β-unsaturated/α-hetero) is 1. The highest BCUT2D eigenvalue weighted by Gasteiger charge is 2.33. The number of aryl methyl sites for hydroxylation is 1. The summed E-state index contributed by atoms with van der Waals surface area (Å²) >= 11 is 12.9. The average molecular weight is 547 g/mol. The standard InChI is InChI=1S/C29H24Cl2N4O3/c1-15-11-12-35(34-15)18-9-10-19(22(31)13-18)24-20(16-5-7-17(30)8-6-16)14-21-23(27(32)37)25(38-28(21)33-24)26(36)29(2,3)4/h5-14H,1-4H3,(H2,32,37). The molecule has 0 aliphatic carbocycles. The third-order valence-electron chi connectivity index (χ3n) is 6.17. The molecule has 7 nitrogen and oxygen atoms in total. The predicted octanol–water partition coefficient (Wildman–Crippen LogP) is 7.29. The lowest BCUT2D eigenvalue weighted by Gasteiger charge is -2.14. The van der Waals surface area contributed by atoms with Gasteiger partial charge in [-0.2, -0.15) is 5.10 Å². The van der Waals surface area contributed by atoms with Gasteiger partial charge in [0.1, 0.15) is 0 Å². The van der Waals surface area contributed by atoms with Crippen LogP contribution in [0.15, 0.2) is 65.2 Å². The van der Waals surface area contributed by atoms with E-state index in [0.717, 1.165) is 16.9 Å². The lowest BCUT2D eigenvalue weighted by atomic mass is 9.87. The van der Waals surface area contributed by atoms with Gasteiger partial charge in [-0.3, -0.25) is 9.59 Å². The lowest BCUT2D eigenvalue weighted by Crippen LogP contribution is -2.23. The number of pyridine rings is 1. The molecule has 9 heteroatoms. The number of furan rings is 1. The van der Waals surface area contributed by atoms with Gasteiger partial charge in [-0.1, -0.05) is 56.1 Å². The van der Waals surface area contributed by atoms with E-state index in [-0.39, 0.29) is 22.8 Å². The molecule has 3 heterocycles. The summed E-state index contributed by atoms with van der Waals surface area (Å²) < 4.78 is 7.65. The molecule has 1 amide bonds. The van der Waals surface area contributed by atoms with Crippen molar-refractivity contribution in [1.82, 2.24) is 14.8 Å². The second-order valence-corrected chi connectivity index (χ2v) is 10.9. The number of nitrogens with zero attached hydrogens (tertiary/aromatic N) is 3. The molecule has 2 N–H and O–H groups in total. The number of ketones is 1. The third-order valence-corrected chi connectivity index (χ3v) is 6.73. The van der Waals surface area contributed by atoms with Gasteiger partial charge in [0.2, 0.25) is 11.5 Å². The average Bonchev–Trinajstić information content (AvgIpc) is 3.46. The largest absolute Gasteiger partial charge is 0.434 e. The van der Waals surface area contributed by atoms with E-state index < -0.39 is 11.3 Å². The van der Waals surface area contributed by atoms with Crippen molar-refractivity contribution in [3.8, 4) is 28.1 Å². The van der Waals surface area contributed by atoms with Crippen LogP contribution in [-0.2, 0) is 0 Å². The van der Waals surface area contributed by atoms with E-state index in [1.54, 1.807) is 49.7 Å². The van der Waals surface area contributed by atoms with Crippen molar-refractivity contribution in [2.45, 2.75) is 27.7 Å². The molecule has 0 aliphatic heterocycles. The molecule has 0 spiro atoms. The molecule has 0 atom stereocenters. The molecular weight excluding hydrogens is 523 g/mol. The first kappa shape index (κ1) is 25.7. The summed E-state index contributed by atoms with van der Waals surface area (Å²) in [6.45, 7) is 7.14.